The molecule has 0 bridgehead atoms. The molecule has 1 aromatic rings. The van der Waals surface area contributed by atoms with Crippen molar-refractivity contribution in [1.29, 1.82) is 0 Å². The Morgan fingerprint density at radius 1 is 0.914 bits per heavy atom. The molecule has 8 nitrogen and oxygen atoms in total. The van der Waals surface area contributed by atoms with Crippen molar-refractivity contribution in [3.63, 3.8) is 0 Å². The summed E-state index contributed by atoms with van der Waals surface area (Å²) in [5.41, 5.74) is -0.155. The predicted octanol–water partition coefficient (Wildman–Crippen LogP) is 4.11. The molecular weight excluding hydrogens is 468 g/mol. The fraction of sp³-hybridized carbons (Fsp3) is 0.654. The second-order valence-corrected chi connectivity index (χ2v) is 11.4. The molecule has 0 spiro atoms. The Balaban J connectivity index is 2.83. The van der Waals surface area contributed by atoms with Gasteiger partial charge in [0.1, 0.15) is 23.3 Å². The van der Waals surface area contributed by atoms with E-state index >= 15 is 0 Å². The van der Waals surface area contributed by atoms with Crippen LogP contribution in [0.1, 0.15) is 61.0 Å². The fourth-order valence-corrected chi connectivity index (χ4v) is 4.13. The van der Waals surface area contributed by atoms with E-state index in [1.54, 1.807) is 34.6 Å². The summed E-state index contributed by atoms with van der Waals surface area (Å²) < 4.78 is 16.0. The first-order chi connectivity index (χ1) is 16.2. The molecule has 35 heavy (non-hydrogen) atoms. The van der Waals surface area contributed by atoms with Crippen molar-refractivity contribution in [3.05, 3.63) is 35.9 Å². The van der Waals surface area contributed by atoms with Gasteiger partial charge < -0.3 is 19.5 Å². The van der Waals surface area contributed by atoms with E-state index in [0.29, 0.717) is 17.9 Å². The zero-order chi connectivity index (χ0) is 26.6. The number of alkyl carbamates (subject to hydrolysis) is 1. The summed E-state index contributed by atoms with van der Waals surface area (Å²) in [5, 5.41) is 5.98. The molecule has 0 saturated carbocycles. The van der Waals surface area contributed by atoms with Crippen molar-refractivity contribution in [2.75, 3.05) is 18.1 Å². The van der Waals surface area contributed by atoms with Crippen LogP contribution in [0.5, 0.6) is 0 Å². The van der Waals surface area contributed by atoms with Crippen LogP contribution in [0.2, 0.25) is 0 Å². The summed E-state index contributed by atoms with van der Waals surface area (Å²) in [6.45, 7) is 14.5. The van der Waals surface area contributed by atoms with Gasteiger partial charge in [0.2, 0.25) is 0 Å². The maximum absolute atomic E-state index is 12.5. The van der Waals surface area contributed by atoms with E-state index in [1.165, 1.54) is 11.8 Å². The van der Waals surface area contributed by atoms with Crippen LogP contribution in [0.15, 0.2) is 30.3 Å². The van der Waals surface area contributed by atoms with Crippen LogP contribution >= 0.6 is 11.8 Å². The highest BCUT2D eigenvalue weighted by Gasteiger charge is 2.28. The lowest BCUT2D eigenvalue weighted by Crippen LogP contribution is -2.49. The number of ether oxygens (including phenoxy) is 3. The molecule has 0 fully saturated rings. The third-order valence-corrected chi connectivity index (χ3v) is 5.64. The highest BCUT2D eigenvalue weighted by atomic mass is 32.2. The van der Waals surface area contributed by atoms with E-state index in [2.05, 4.69) is 10.6 Å². The average molecular weight is 511 g/mol. The number of hydrogen-bond acceptors (Lipinski definition) is 8. The number of thioether (sulfide) groups is 1. The molecule has 1 amide bonds. The SMILES string of the molecule is CCOC(=O)[C@H](CSC[C@H](Cc1ccccc1)NC(=O)OC(C)(C)C)N[C@@H](C)C(=O)OC(C)(C)C. The van der Waals surface area contributed by atoms with Gasteiger partial charge in [0.25, 0.3) is 0 Å². The lowest BCUT2D eigenvalue weighted by atomic mass is 10.1. The van der Waals surface area contributed by atoms with Crippen LogP contribution in [0.3, 0.4) is 0 Å². The van der Waals surface area contributed by atoms with Crippen molar-refractivity contribution in [2.45, 2.75) is 91.1 Å². The van der Waals surface area contributed by atoms with Crippen LogP contribution < -0.4 is 10.6 Å². The molecule has 0 aliphatic heterocycles. The van der Waals surface area contributed by atoms with Gasteiger partial charge in [0.05, 0.1) is 6.61 Å². The Bertz CT molecular complexity index is 804. The molecule has 1 aromatic carbocycles. The largest absolute Gasteiger partial charge is 0.465 e. The first-order valence-corrected chi connectivity index (χ1v) is 13.1. The van der Waals surface area contributed by atoms with E-state index in [9.17, 15) is 14.4 Å². The molecule has 1 rings (SSSR count). The molecular formula is C26H42N2O6S. The minimum absolute atomic E-state index is 0.219. The predicted molar refractivity (Wildman–Crippen MR) is 139 cm³/mol. The van der Waals surface area contributed by atoms with Gasteiger partial charge in [-0.2, -0.15) is 11.8 Å². The first kappa shape index (κ1) is 30.8. The molecule has 3 atom stereocenters. The highest BCUT2D eigenvalue weighted by Crippen LogP contribution is 2.14. The normalized spacial score (nSPS) is 14.4. The molecule has 0 aliphatic carbocycles. The van der Waals surface area contributed by atoms with Gasteiger partial charge >= 0.3 is 18.0 Å². The molecule has 0 unspecified atom stereocenters. The van der Waals surface area contributed by atoms with Gasteiger partial charge in [-0.15, -0.1) is 0 Å². The van der Waals surface area contributed by atoms with Crippen molar-refractivity contribution in [1.82, 2.24) is 10.6 Å². The third-order valence-electron chi connectivity index (χ3n) is 4.43. The molecule has 0 heterocycles. The number of carbonyl (C=O) groups is 3. The third kappa shape index (κ3) is 14.0. The highest BCUT2D eigenvalue weighted by molar-refractivity contribution is 7.99. The van der Waals surface area contributed by atoms with Crippen molar-refractivity contribution in [3.8, 4) is 0 Å². The van der Waals surface area contributed by atoms with Gasteiger partial charge in [-0.05, 0) is 67.4 Å². The Morgan fingerprint density at radius 3 is 2.06 bits per heavy atom. The molecule has 0 radical (unpaired) electrons. The van der Waals surface area contributed by atoms with E-state index < -0.39 is 41.3 Å². The standard InChI is InChI=1S/C26H42N2O6S/c1-9-32-23(30)21(27-18(2)22(29)33-25(3,4)5)17-35-16-20(15-19-13-11-10-12-14-19)28-24(31)34-26(6,7)8/h10-14,18,20-21,27H,9,15-17H2,1-8H3,(H,28,31)/t18-,20-,21-/m0/s1. The summed E-state index contributed by atoms with van der Waals surface area (Å²) in [6.07, 6.45) is 0.122. The first-order valence-electron chi connectivity index (χ1n) is 12.0. The number of benzene rings is 1. The van der Waals surface area contributed by atoms with E-state index in [0.717, 1.165) is 5.56 Å². The van der Waals surface area contributed by atoms with Crippen molar-refractivity contribution in [2.24, 2.45) is 0 Å². The molecule has 2 N–H and O–H groups in total. The maximum Gasteiger partial charge on any atom is 0.407 e. The molecule has 198 valence electrons. The minimum atomic E-state index is -0.707. The zero-order valence-electron chi connectivity index (χ0n) is 22.3. The summed E-state index contributed by atoms with van der Waals surface area (Å²) in [6, 6.07) is 8.22. The summed E-state index contributed by atoms with van der Waals surface area (Å²) in [5.74, 6) is 0.0141. The number of rotatable bonds is 12. The quantitative estimate of drug-likeness (QED) is 0.320. The minimum Gasteiger partial charge on any atom is -0.465 e. The Hall–Kier alpha value is -2.26. The molecule has 0 saturated heterocycles. The van der Waals surface area contributed by atoms with Crippen molar-refractivity contribution >= 4 is 29.8 Å². The van der Waals surface area contributed by atoms with Crippen LogP contribution in [0, 0.1) is 0 Å². The number of nitrogens with one attached hydrogen (secondary N) is 2. The summed E-state index contributed by atoms with van der Waals surface area (Å²) >= 11 is 1.48. The molecule has 0 aromatic heterocycles. The summed E-state index contributed by atoms with van der Waals surface area (Å²) in [7, 11) is 0. The average Bonchev–Trinajstić information content (AvgIpc) is 2.71. The van der Waals surface area contributed by atoms with Gasteiger partial charge in [-0.1, -0.05) is 30.3 Å². The fourth-order valence-electron chi connectivity index (χ4n) is 3.04. The van der Waals surface area contributed by atoms with Gasteiger partial charge in [0.15, 0.2) is 0 Å². The monoisotopic (exact) mass is 510 g/mol. The second kappa shape index (κ2) is 14.3. The second-order valence-electron chi connectivity index (χ2n) is 10.3. The lowest BCUT2D eigenvalue weighted by molar-refractivity contribution is -0.157. The number of amides is 1. The van der Waals surface area contributed by atoms with Gasteiger partial charge in [0, 0.05) is 17.5 Å². The smallest absolute Gasteiger partial charge is 0.407 e. The molecule has 9 heteroatoms. The summed E-state index contributed by atoms with van der Waals surface area (Å²) in [4.78, 5) is 37.3. The van der Waals surface area contributed by atoms with Crippen LogP contribution in [-0.4, -0.2) is 65.5 Å². The Morgan fingerprint density at radius 2 is 1.51 bits per heavy atom. The lowest BCUT2D eigenvalue weighted by Gasteiger charge is -2.26. The van der Waals surface area contributed by atoms with Crippen LogP contribution in [0.25, 0.3) is 0 Å². The number of hydrogen-bond donors (Lipinski definition) is 2. The van der Waals surface area contributed by atoms with E-state index in [1.807, 2.05) is 51.1 Å². The maximum atomic E-state index is 12.5. The van der Waals surface area contributed by atoms with Gasteiger partial charge in [-0.3, -0.25) is 14.9 Å². The zero-order valence-corrected chi connectivity index (χ0v) is 23.1. The van der Waals surface area contributed by atoms with Crippen LogP contribution in [0.4, 0.5) is 4.79 Å². The number of carbonyl (C=O) groups excluding carboxylic acids is 3. The van der Waals surface area contributed by atoms with E-state index in [4.69, 9.17) is 14.2 Å². The Labute approximate surface area is 214 Å². The number of esters is 2. The van der Waals surface area contributed by atoms with E-state index in [-0.39, 0.29) is 12.6 Å². The molecule has 0 aliphatic rings. The Kier molecular flexibility index (Phi) is 12.6. The van der Waals surface area contributed by atoms with Crippen molar-refractivity contribution < 1.29 is 28.6 Å². The van der Waals surface area contributed by atoms with Crippen LogP contribution in [-0.2, 0) is 30.2 Å². The van der Waals surface area contributed by atoms with Gasteiger partial charge in [-0.25, -0.2) is 4.79 Å². The topological polar surface area (TPSA) is 103 Å².